The van der Waals surface area contributed by atoms with Gasteiger partial charge in [0, 0.05) is 35.8 Å². The van der Waals surface area contributed by atoms with Crippen LogP contribution in [0, 0.1) is 0 Å². The van der Waals surface area contributed by atoms with Crippen molar-refractivity contribution >= 4 is 40.0 Å². The minimum atomic E-state index is -0.405. The number of carbonyl (C=O) groups excluding carboxylic acids is 2. The first-order valence-corrected chi connectivity index (χ1v) is 8.87. The second-order valence-electron chi connectivity index (χ2n) is 6.03. The van der Waals surface area contributed by atoms with Crippen molar-refractivity contribution in [1.29, 1.82) is 0 Å². The highest BCUT2D eigenvalue weighted by Gasteiger charge is 2.25. The summed E-state index contributed by atoms with van der Waals surface area (Å²) in [6.45, 7) is 0.707. The molecule has 0 aliphatic carbocycles. The normalized spacial score (nSPS) is 17.6. The van der Waals surface area contributed by atoms with Crippen molar-refractivity contribution in [2.24, 2.45) is 0 Å². The summed E-state index contributed by atoms with van der Waals surface area (Å²) in [6.07, 6.45) is 5.95. The van der Waals surface area contributed by atoms with Gasteiger partial charge in [0.05, 0.1) is 11.5 Å². The van der Waals surface area contributed by atoms with Gasteiger partial charge in [0.25, 0.3) is 11.1 Å². The number of amides is 2. The fourth-order valence-corrected chi connectivity index (χ4v) is 3.83. The van der Waals surface area contributed by atoms with Crippen molar-refractivity contribution in [2.75, 3.05) is 6.61 Å². The number of furan rings is 1. The van der Waals surface area contributed by atoms with Gasteiger partial charge in [-0.25, -0.2) is 0 Å². The molecule has 6 nitrogen and oxygen atoms in total. The molecule has 26 heavy (non-hydrogen) atoms. The molecule has 1 aromatic carbocycles. The summed E-state index contributed by atoms with van der Waals surface area (Å²) in [6, 6.07) is 7.86. The molecule has 1 N–H and O–H groups in total. The Labute approximate surface area is 152 Å². The molecule has 7 heteroatoms. The van der Waals surface area contributed by atoms with Gasteiger partial charge in [-0.2, -0.15) is 0 Å². The highest BCUT2D eigenvalue weighted by Crippen LogP contribution is 2.35. The van der Waals surface area contributed by atoms with Gasteiger partial charge in [0.1, 0.15) is 17.1 Å². The molecule has 0 saturated carbocycles. The molecule has 1 saturated heterocycles. The van der Waals surface area contributed by atoms with Crippen LogP contribution >= 0.6 is 11.8 Å². The lowest BCUT2D eigenvalue weighted by Gasteiger charge is -2.04. The average Bonchev–Trinajstić information content (AvgIpc) is 3.32. The van der Waals surface area contributed by atoms with E-state index in [-0.39, 0.29) is 5.24 Å². The maximum atomic E-state index is 11.7. The molecule has 3 aromatic rings. The van der Waals surface area contributed by atoms with E-state index >= 15 is 0 Å². The number of pyridine rings is 1. The van der Waals surface area contributed by atoms with Crippen LogP contribution in [0.4, 0.5) is 4.79 Å². The van der Waals surface area contributed by atoms with Crippen LogP contribution in [0.3, 0.4) is 0 Å². The van der Waals surface area contributed by atoms with Gasteiger partial charge in [0.15, 0.2) is 0 Å². The Morgan fingerprint density at radius 1 is 1.19 bits per heavy atom. The third-order valence-corrected chi connectivity index (χ3v) is 5.17. The second-order valence-corrected chi connectivity index (χ2v) is 7.04. The van der Waals surface area contributed by atoms with Crippen LogP contribution in [0.2, 0.25) is 0 Å². The first-order valence-electron chi connectivity index (χ1n) is 8.06. The zero-order chi connectivity index (χ0) is 17.7. The number of hydrogen-bond donors (Lipinski definition) is 1. The second kappa shape index (κ2) is 5.74. The summed E-state index contributed by atoms with van der Waals surface area (Å²) in [5.74, 6) is 1.02. The maximum absolute atomic E-state index is 11.7. The molecule has 0 atom stereocenters. The van der Waals surface area contributed by atoms with Crippen molar-refractivity contribution in [3.63, 3.8) is 0 Å². The molecule has 2 amide bonds. The number of imide groups is 1. The largest absolute Gasteiger partial charge is 0.493 e. The number of nitrogens with one attached hydrogen (secondary N) is 1. The Morgan fingerprint density at radius 3 is 2.96 bits per heavy atom. The monoisotopic (exact) mass is 364 g/mol. The van der Waals surface area contributed by atoms with Gasteiger partial charge in [-0.15, -0.1) is 0 Å². The number of thioether (sulfide) groups is 1. The third kappa shape index (κ3) is 2.48. The Balaban J connectivity index is 1.60. The van der Waals surface area contributed by atoms with Crippen molar-refractivity contribution < 1.29 is 18.7 Å². The van der Waals surface area contributed by atoms with Crippen LogP contribution in [-0.4, -0.2) is 22.7 Å². The van der Waals surface area contributed by atoms with E-state index in [0.717, 1.165) is 40.4 Å². The third-order valence-electron chi connectivity index (χ3n) is 4.36. The number of aromatic nitrogens is 1. The molecule has 0 bridgehead atoms. The van der Waals surface area contributed by atoms with Gasteiger partial charge in [-0.05, 0) is 41.1 Å². The number of rotatable bonds is 2. The van der Waals surface area contributed by atoms with Gasteiger partial charge in [-0.1, -0.05) is 6.07 Å². The number of hydrogen-bond acceptors (Lipinski definition) is 6. The summed E-state index contributed by atoms with van der Waals surface area (Å²) in [5.41, 5.74) is 3.75. The van der Waals surface area contributed by atoms with E-state index in [4.69, 9.17) is 9.15 Å². The van der Waals surface area contributed by atoms with E-state index in [1.54, 1.807) is 18.5 Å². The van der Waals surface area contributed by atoms with Crippen LogP contribution in [0.1, 0.15) is 11.3 Å². The van der Waals surface area contributed by atoms with Crippen molar-refractivity contribution in [3.05, 3.63) is 52.9 Å². The van der Waals surface area contributed by atoms with Crippen LogP contribution in [0.5, 0.6) is 5.75 Å². The van der Waals surface area contributed by atoms with Crippen LogP contribution < -0.4 is 10.1 Å². The zero-order valence-corrected chi connectivity index (χ0v) is 14.3. The first kappa shape index (κ1) is 15.2. The standard InChI is InChI=1S/C19H12N2O4S/c22-18-16(26-19(23)21-18)7-13-6-12-8-20-9-14(17(12)25-13)10-1-2-15-11(5-10)3-4-24-15/h1-2,5-9H,3-4H2,(H,21,22,23). The lowest BCUT2D eigenvalue weighted by Crippen LogP contribution is -2.17. The van der Waals surface area contributed by atoms with E-state index in [9.17, 15) is 9.59 Å². The quantitative estimate of drug-likeness (QED) is 0.698. The molecule has 0 unspecified atom stereocenters. The predicted molar refractivity (Wildman–Crippen MR) is 97.8 cm³/mol. The lowest BCUT2D eigenvalue weighted by molar-refractivity contribution is -0.115. The van der Waals surface area contributed by atoms with Crippen molar-refractivity contribution in [1.82, 2.24) is 10.3 Å². The van der Waals surface area contributed by atoms with E-state index in [1.165, 1.54) is 5.56 Å². The molecule has 4 heterocycles. The molecule has 5 rings (SSSR count). The molecule has 128 valence electrons. The minimum Gasteiger partial charge on any atom is -0.493 e. The smallest absolute Gasteiger partial charge is 0.290 e. The molecular formula is C19H12N2O4S. The van der Waals surface area contributed by atoms with E-state index in [0.29, 0.717) is 22.9 Å². The summed E-state index contributed by atoms with van der Waals surface area (Å²) in [7, 11) is 0. The van der Waals surface area contributed by atoms with Gasteiger partial charge >= 0.3 is 0 Å². The minimum absolute atomic E-state index is 0.318. The van der Waals surface area contributed by atoms with Gasteiger partial charge in [0.2, 0.25) is 0 Å². The van der Waals surface area contributed by atoms with Crippen molar-refractivity contribution in [2.45, 2.75) is 6.42 Å². The van der Waals surface area contributed by atoms with Gasteiger partial charge < -0.3 is 9.15 Å². The van der Waals surface area contributed by atoms with Crippen molar-refractivity contribution in [3.8, 4) is 16.9 Å². The lowest BCUT2D eigenvalue weighted by atomic mass is 10.0. The fraction of sp³-hybridized carbons (Fsp3) is 0.105. The Kier molecular flexibility index (Phi) is 3.36. The molecule has 0 radical (unpaired) electrons. The SMILES string of the molecule is O=C1NC(=O)C(=Cc2cc3cncc(-c4ccc5c(c4)CCO5)c3o2)S1. The predicted octanol–water partition coefficient (Wildman–Crippen LogP) is 3.75. The highest BCUT2D eigenvalue weighted by molar-refractivity contribution is 8.18. The average molecular weight is 364 g/mol. The Hall–Kier alpha value is -3.06. The molecule has 2 aliphatic heterocycles. The molecule has 1 fully saturated rings. The fourth-order valence-electron chi connectivity index (χ4n) is 3.16. The summed E-state index contributed by atoms with van der Waals surface area (Å²) in [4.78, 5) is 27.6. The van der Waals surface area contributed by atoms with E-state index in [2.05, 4.69) is 16.4 Å². The number of ether oxygens (including phenoxy) is 1. The van der Waals surface area contributed by atoms with Crippen LogP contribution in [-0.2, 0) is 11.2 Å². The maximum Gasteiger partial charge on any atom is 0.290 e. The van der Waals surface area contributed by atoms with E-state index in [1.807, 2.05) is 18.2 Å². The van der Waals surface area contributed by atoms with E-state index < -0.39 is 5.91 Å². The Morgan fingerprint density at radius 2 is 2.12 bits per heavy atom. The topological polar surface area (TPSA) is 81.4 Å². The molecule has 2 aromatic heterocycles. The first-order chi connectivity index (χ1) is 12.7. The molecular weight excluding hydrogens is 352 g/mol. The van der Waals surface area contributed by atoms with Gasteiger partial charge in [-0.3, -0.25) is 19.9 Å². The Bertz CT molecular complexity index is 1120. The number of carbonyl (C=O) groups is 2. The number of benzene rings is 1. The number of nitrogens with zero attached hydrogens (tertiary/aromatic N) is 1. The summed E-state index contributed by atoms with van der Waals surface area (Å²) < 4.78 is 11.5. The summed E-state index contributed by atoms with van der Waals surface area (Å²) in [5, 5.41) is 2.69. The van der Waals surface area contributed by atoms with Crippen LogP contribution in [0.25, 0.3) is 28.2 Å². The summed E-state index contributed by atoms with van der Waals surface area (Å²) >= 11 is 0.864. The molecule has 0 spiro atoms. The van der Waals surface area contributed by atoms with Crippen LogP contribution in [0.15, 0.2) is 46.0 Å². The number of fused-ring (bicyclic) bond motifs is 2. The zero-order valence-electron chi connectivity index (χ0n) is 13.4. The molecule has 2 aliphatic rings. The highest BCUT2D eigenvalue weighted by atomic mass is 32.2.